The molecule has 0 radical (unpaired) electrons. The summed E-state index contributed by atoms with van der Waals surface area (Å²) in [5.74, 6) is 2.47. The van der Waals surface area contributed by atoms with Crippen LogP contribution in [0.15, 0.2) is 5.16 Å². The maximum Gasteiger partial charge on any atom is 0.313 e. The Kier molecular flexibility index (Phi) is 3.05. The summed E-state index contributed by atoms with van der Waals surface area (Å²) in [6.07, 6.45) is 5.33. The number of aliphatic carboxylic acids is 1. The third kappa shape index (κ3) is 2.02. The van der Waals surface area contributed by atoms with Gasteiger partial charge in [-0.1, -0.05) is 24.6 Å². The number of fused-ring (bicyclic) bond motifs is 1. The fourth-order valence-electron chi connectivity index (χ4n) is 3.24. The number of carbonyl (C=O) groups is 1. The van der Waals surface area contributed by atoms with E-state index in [1.165, 1.54) is 37.4 Å². The lowest BCUT2D eigenvalue weighted by molar-refractivity contribution is -0.133. The topological polar surface area (TPSA) is 68.0 Å². The summed E-state index contributed by atoms with van der Waals surface area (Å²) < 4.78 is 1.98. The van der Waals surface area contributed by atoms with Crippen molar-refractivity contribution in [1.29, 1.82) is 0 Å². The van der Waals surface area contributed by atoms with Gasteiger partial charge in [0.25, 0.3) is 0 Å². The van der Waals surface area contributed by atoms with Crippen molar-refractivity contribution in [2.75, 3.05) is 5.75 Å². The molecule has 1 N–H and O–H groups in total. The Bertz CT molecular complexity index is 462. The van der Waals surface area contributed by atoms with Crippen molar-refractivity contribution < 1.29 is 9.90 Å². The third-order valence-electron chi connectivity index (χ3n) is 4.15. The zero-order valence-electron chi connectivity index (χ0n) is 10.4. The number of nitrogens with zero attached hydrogens (tertiary/aromatic N) is 3. The van der Waals surface area contributed by atoms with Crippen molar-refractivity contribution in [2.24, 2.45) is 18.9 Å². The van der Waals surface area contributed by atoms with E-state index in [9.17, 15) is 4.79 Å². The maximum absolute atomic E-state index is 10.6. The average molecular weight is 267 g/mol. The fraction of sp³-hybridized carbons (Fsp3) is 0.750. The molecule has 2 unspecified atom stereocenters. The summed E-state index contributed by atoms with van der Waals surface area (Å²) in [6.45, 7) is 0. The van der Waals surface area contributed by atoms with E-state index >= 15 is 0 Å². The summed E-state index contributed by atoms with van der Waals surface area (Å²) in [5, 5.41) is 17.8. The van der Waals surface area contributed by atoms with Crippen LogP contribution in [0.5, 0.6) is 0 Å². The number of carboxylic acid groups (broad SMARTS) is 1. The lowest BCUT2D eigenvalue weighted by atomic mass is 10.0. The van der Waals surface area contributed by atoms with Crippen LogP contribution in [0.3, 0.4) is 0 Å². The Morgan fingerprint density at radius 2 is 2.06 bits per heavy atom. The molecular formula is C12H17N3O2S. The Morgan fingerprint density at radius 3 is 2.67 bits per heavy atom. The second-order valence-electron chi connectivity index (χ2n) is 5.22. The van der Waals surface area contributed by atoms with Gasteiger partial charge in [0.15, 0.2) is 5.16 Å². The molecule has 0 spiro atoms. The lowest BCUT2D eigenvalue weighted by Crippen LogP contribution is -2.02. The van der Waals surface area contributed by atoms with Crippen LogP contribution in [0.4, 0.5) is 0 Å². The third-order valence-corrected chi connectivity index (χ3v) is 5.15. The van der Waals surface area contributed by atoms with Gasteiger partial charge in [0.2, 0.25) is 0 Å². The molecule has 2 aliphatic carbocycles. The number of hydrogen-bond donors (Lipinski definition) is 1. The first-order chi connectivity index (χ1) is 8.68. The minimum atomic E-state index is -0.815. The average Bonchev–Trinajstić information content (AvgIpc) is 2.97. The summed E-state index contributed by atoms with van der Waals surface area (Å²) in [6, 6.07) is 0. The van der Waals surface area contributed by atoms with Crippen LogP contribution in [0.1, 0.15) is 37.4 Å². The highest BCUT2D eigenvalue weighted by Gasteiger charge is 2.53. The van der Waals surface area contributed by atoms with Gasteiger partial charge < -0.3 is 9.67 Å². The van der Waals surface area contributed by atoms with Crippen molar-refractivity contribution in [3.8, 4) is 0 Å². The lowest BCUT2D eigenvalue weighted by Gasteiger charge is -2.04. The highest BCUT2D eigenvalue weighted by atomic mass is 32.2. The number of thioether (sulfide) groups is 1. The van der Waals surface area contributed by atoms with Crippen LogP contribution in [-0.4, -0.2) is 31.6 Å². The van der Waals surface area contributed by atoms with Crippen LogP contribution in [0.2, 0.25) is 0 Å². The molecule has 98 valence electrons. The second-order valence-corrected chi connectivity index (χ2v) is 6.16. The van der Waals surface area contributed by atoms with E-state index in [4.69, 9.17) is 5.11 Å². The minimum Gasteiger partial charge on any atom is -0.481 e. The first kappa shape index (κ1) is 12.0. The Hall–Kier alpha value is -1.04. The molecule has 1 aromatic rings. The number of rotatable bonds is 4. The van der Waals surface area contributed by atoms with Crippen LogP contribution in [-0.2, 0) is 11.8 Å². The minimum absolute atomic E-state index is 0.0451. The Morgan fingerprint density at radius 1 is 1.39 bits per heavy atom. The van der Waals surface area contributed by atoms with Crippen LogP contribution in [0, 0.1) is 11.8 Å². The first-order valence-corrected chi connectivity index (χ1v) is 7.41. The van der Waals surface area contributed by atoms with Gasteiger partial charge in [-0.2, -0.15) is 0 Å². The molecule has 0 aliphatic heterocycles. The van der Waals surface area contributed by atoms with Crippen molar-refractivity contribution in [2.45, 2.75) is 36.8 Å². The molecule has 0 amide bonds. The molecule has 2 atom stereocenters. The van der Waals surface area contributed by atoms with Crippen LogP contribution >= 0.6 is 11.8 Å². The second kappa shape index (κ2) is 4.57. The van der Waals surface area contributed by atoms with Gasteiger partial charge in [0.05, 0.1) is 5.75 Å². The van der Waals surface area contributed by atoms with Crippen LogP contribution in [0.25, 0.3) is 0 Å². The Labute approximate surface area is 110 Å². The normalized spacial score (nSPS) is 29.9. The molecule has 1 aromatic heterocycles. The van der Waals surface area contributed by atoms with Crippen molar-refractivity contribution >= 4 is 17.7 Å². The van der Waals surface area contributed by atoms with Gasteiger partial charge in [-0.15, -0.1) is 10.2 Å². The van der Waals surface area contributed by atoms with E-state index in [2.05, 4.69) is 10.2 Å². The highest BCUT2D eigenvalue weighted by Crippen LogP contribution is 2.60. The molecule has 2 fully saturated rings. The van der Waals surface area contributed by atoms with Gasteiger partial charge >= 0.3 is 5.97 Å². The van der Waals surface area contributed by atoms with Crippen molar-refractivity contribution in [1.82, 2.24) is 14.8 Å². The van der Waals surface area contributed by atoms with Gasteiger partial charge in [-0.3, -0.25) is 4.79 Å². The predicted molar refractivity (Wildman–Crippen MR) is 67.6 cm³/mol. The first-order valence-electron chi connectivity index (χ1n) is 6.42. The number of aromatic nitrogens is 3. The van der Waals surface area contributed by atoms with E-state index in [-0.39, 0.29) is 5.75 Å². The summed E-state index contributed by atoms with van der Waals surface area (Å²) in [7, 11) is 1.95. The smallest absolute Gasteiger partial charge is 0.313 e. The SMILES string of the molecule is Cn1c(SCC(=O)O)nnc1C1C2CCCCC21. The van der Waals surface area contributed by atoms with Gasteiger partial charge in [0.1, 0.15) is 5.82 Å². The van der Waals surface area contributed by atoms with Crippen molar-refractivity contribution in [3.05, 3.63) is 5.82 Å². The highest BCUT2D eigenvalue weighted by molar-refractivity contribution is 7.99. The predicted octanol–water partition coefficient (Wildman–Crippen LogP) is 1.90. The molecule has 0 aromatic carbocycles. The van der Waals surface area contributed by atoms with Gasteiger partial charge in [0, 0.05) is 13.0 Å². The van der Waals surface area contributed by atoms with Gasteiger partial charge in [-0.25, -0.2) is 0 Å². The zero-order valence-corrected chi connectivity index (χ0v) is 11.2. The molecule has 6 heteroatoms. The number of carboxylic acids is 1. The molecular weight excluding hydrogens is 250 g/mol. The van der Waals surface area contributed by atoms with Crippen molar-refractivity contribution in [3.63, 3.8) is 0 Å². The molecule has 2 aliphatic rings. The van der Waals surface area contributed by atoms with E-state index < -0.39 is 5.97 Å². The summed E-state index contributed by atoms with van der Waals surface area (Å²) in [4.78, 5) is 10.6. The zero-order chi connectivity index (χ0) is 12.7. The Balaban J connectivity index is 1.72. The maximum atomic E-state index is 10.6. The summed E-state index contributed by atoms with van der Waals surface area (Å²) >= 11 is 1.24. The standard InChI is InChI=1S/C12H17N3O2S/c1-15-11(10-7-4-2-3-5-8(7)10)13-14-12(15)18-6-9(16)17/h7-8,10H,2-6H2,1H3,(H,16,17). The molecule has 5 nitrogen and oxygen atoms in total. The fourth-order valence-corrected chi connectivity index (χ4v) is 3.88. The van der Waals surface area contributed by atoms with E-state index in [0.29, 0.717) is 5.92 Å². The van der Waals surface area contributed by atoms with E-state index in [1.807, 2.05) is 11.6 Å². The molecule has 1 heterocycles. The largest absolute Gasteiger partial charge is 0.481 e. The molecule has 18 heavy (non-hydrogen) atoms. The summed E-state index contributed by atoms with van der Waals surface area (Å²) in [5.41, 5.74) is 0. The molecule has 2 saturated carbocycles. The van der Waals surface area contributed by atoms with E-state index in [0.717, 1.165) is 22.8 Å². The molecule has 0 saturated heterocycles. The van der Waals surface area contributed by atoms with Crippen LogP contribution < -0.4 is 0 Å². The molecule has 3 rings (SSSR count). The van der Waals surface area contributed by atoms with Gasteiger partial charge in [-0.05, 0) is 24.7 Å². The quantitative estimate of drug-likeness (QED) is 0.844. The van der Waals surface area contributed by atoms with E-state index in [1.54, 1.807) is 0 Å². The number of hydrogen-bond acceptors (Lipinski definition) is 4. The monoisotopic (exact) mass is 267 g/mol. The molecule has 0 bridgehead atoms.